The molecule has 0 aliphatic carbocycles. The number of hydrogen-bond acceptors (Lipinski definition) is 7. The number of amides is 2. The molecule has 0 fully saturated rings. The van der Waals surface area contributed by atoms with Crippen LogP contribution in [0.4, 0.5) is 13.2 Å². The van der Waals surface area contributed by atoms with Crippen LogP contribution in [0, 0.1) is 6.92 Å². The van der Waals surface area contributed by atoms with Crippen LogP contribution in [0.5, 0.6) is 0 Å². The average Bonchev–Trinajstić information content (AvgIpc) is 3.61. The number of carbonyl (C=O) groups excluding carboxylic acids is 2. The van der Waals surface area contributed by atoms with Crippen molar-refractivity contribution in [2.45, 2.75) is 45.7 Å². The SMILES string of the molecule is Cc1nc2cc(-n3c(C(=O)NCc4ccccc4-c4ccncn4)c4n(c3=O)C[C@@H](C)N(C(=O)c3ccc(Br)c(C(F)(F)F)c3)C4)ccc2o1. The number of benzene rings is 3. The minimum absolute atomic E-state index is 0.00228. The first-order valence-corrected chi connectivity index (χ1v) is 16.2. The first-order valence-electron chi connectivity index (χ1n) is 15.4. The number of hydrogen-bond donors (Lipinski definition) is 1. The number of nitrogens with one attached hydrogen (secondary N) is 1. The summed E-state index contributed by atoms with van der Waals surface area (Å²) in [5.41, 5.74) is 2.01. The van der Waals surface area contributed by atoms with Crippen LogP contribution in [-0.4, -0.2) is 46.8 Å². The fraction of sp³-hybridized carbons (Fsp3) is 0.200. The summed E-state index contributed by atoms with van der Waals surface area (Å²) >= 11 is 2.92. The zero-order valence-electron chi connectivity index (χ0n) is 26.5. The maximum absolute atomic E-state index is 14.3. The van der Waals surface area contributed by atoms with Gasteiger partial charge in [-0.3, -0.25) is 18.7 Å². The lowest BCUT2D eigenvalue weighted by Crippen LogP contribution is -2.47. The van der Waals surface area contributed by atoms with E-state index in [1.54, 1.807) is 44.3 Å². The molecule has 50 heavy (non-hydrogen) atoms. The predicted molar refractivity (Wildman–Crippen MR) is 179 cm³/mol. The fourth-order valence-electron chi connectivity index (χ4n) is 6.21. The van der Waals surface area contributed by atoms with E-state index in [-0.39, 0.29) is 41.1 Å². The second-order valence-corrected chi connectivity index (χ2v) is 12.7. The smallest absolute Gasteiger partial charge is 0.417 e. The van der Waals surface area contributed by atoms with Gasteiger partial charge in [0.05, 0.1) is 29.2 Å². The topological polar surface area (TPSA) is 128 Å². The summed E-state index contributed by atoms with van der Waals surface area (Å²) in [5.74, 6) is -0.855. The van der Waals surface area contributed by atoms with Gasteiger partial charge < -0.3 is 14.6 Å². The zero-order chi connectivity index (χ0) is 35.3. The fourth-order valence-corrected chi connectivity index (χ4v) is 6.68. The maximum atomic E-state index is 14.3. The van der Waals surface area contributed by atoms with Gasteiger partial charge in [0.25, 0.3) is 11.8 Å². The molecule has 7 rings (SSSR count). The Kier molecular flexibility index (Phi) is 8.38. The van der Waals surface area contributed by atoms with Crippen molar-refractivity contribution in [3.05, 3.63) is 128 Å². The molecule has 2 amide bonds. The number of imidazole rings is 1. The third kappa shape index (κ3) is 5.97. The molecule has 0 spiro atoms. The summed E-state index contributed by atoms with van der Waals surface area (Å²) in [4.78, 5) is 56.2. The van der Waals surface area contributed by atoms with Gasteiger partial charge in [-0.15, -0.1) is 0 Å². The molecule has 1 aliphatic heterocycles. The van der Waals surface area contributed by atoms with E-state index in [9.17, 15) is 27.6 Å². The van der Waals surface area contributed by atoms with Gasteiger partial charge in [0.1, 0.15) is 17.5 Å². The van der Waals surface area contributed by atoms with Crippen molar-refractivity contribution in [1.29, 1.82) is 0 Å². The van der Waals surface area contributed by atoms with E-state index in [1.165, 1.54) is 32.5 Å². The second kappa shape index (κ2) is 12.7. The van der Waals surface area contributed by atoms with E-state index in [0.29, 0.717) is 28.4 Å². The van der Waals surface area contributed by atoms with Crippen molar-refractivity contribution in [1.82, 2.24) is 34.3 Å². The Morgan fingerprint density at radius 1 is 1.08 bits per heavy atom. The van der Waals surface area contributed by atoms with Crippen molar-refractivity contribution >= 4 is 38.8 Å². The van der Waals surface area contributed by atoms with Gasteiger partial charge in [-0.2, -0.15) is 13.2 Å². The number of oxazole rings is 1. The zero-order valence-corrected chi connectivity index (χ0v) is 28.1. The van der Waals surface area contributed by atoms with Crippen LogP contribution in [-0.2, 0) is 25.8 Å². The Morgan fingerprint density at radius 2 is 1.88 bits per heavy atom. The Morgan fingerprint density at radius 3 is 2.64 bits per heavy atom. The highest BCUT2D eigenvalue weighted by Crippen LogP contribution is 2.36. The average molecular weight is 747 g/mol. The van der Waals surface area contributed by atoms with Crippen LogP contribution in [0.1, 0.15) is 50.5 Å². The van der Waals surface area contributed by atoms with Crippen LogP contribution in [0.2, 0.25) is 0 Å². The van der Waals surface area contributed by atoms with E-state index in [1.807, 2.05) is 24.3 Å². The van der Waals surface area contributed by atoms with Crippen LogP contribution in [0.3, 0.4) is 0 Å². The van der Waals surface area contributed by atoms with Crippen LogP contribution < -0.4 is 11.0 Å². The summed E-state index contributed by atoms with van der Waals surface area (Å²) < 4.78 is 49.3. The lowest BCUT2D eigenvalue weighted by molar-refractivity contribution is -0.138. The van der Waals surface area contributed by atoms with Crippen LogP contribution in [0.25, 0.3) is 28.0 Å². The molecule has 1 aliphatic rings. The van der Waals surface area contributed by atoms with E-state index >= 15 is 0 Å². The number of aromatic nitrogens is 5. The van der Waals surface area contributed by atoms with Crippen molar-refractivity contribution in [3.8, 4) is 16.9 Å². The maximum Gasteiger partial charge on any atom is 0.417 e. The summed E-state index contributed by atoms with van der Waals surface area (Å²) in [7, 11) is 0. The predicted octanol–water partition coefficient (Wildman–Crippen LogP) is 6.30. The molecule has 0 unspecified atom stereocenters. The minimum Gasteiger partial charge on any atom is -0.441 e. The third-order valence-corrected chi connectivity index (χ3v) is 9.28. The first kappa shape index (κ1) is 33.0. The highest BCUT2D eigenvalue weighted by atomic mass is 79.9. The molecule has 3 aromatic carbocycles. The monoisotopic (exact) mass is 745 g/mol. The molecule has 1 N–H and O–H groups in total. The van der Waals surface area contributed by atoms with Gasteiger partial charge in [0.15, 0.2) is 11.5 Å². The van der Waals surface area contributed by atoms with Gasteiger partial charge in [0, 0.05) is 47.9 Å². The molecule has 254 valence electrons. The number of fused-ring (bicyclic) bond motifs is 2. The van der Waals surface area contributed by atoms with Gasteiger partial charge in [-0.25, -0.2) is 19.7 Å². The van der Waals surface area contributed by atoms with Gasteiger partial charge in [-0.05, 0) is 55.0 Å². The number of aryl methyl sites for hydroxylation is 1. The molecule has 4 heterocycles. The van der Waals surface area contributed by atoms with Crippen molar-refractivity contribution in [2.24, 2.45) is 0 Å². The largest absolute Gasteiger partial charge is 0.441 e. The van der Waals surface area contributed by atoms with E-state index in [0.717, 1.165) is 17.2 Å². The van der Waals surface area contributed by atoms with Crippen molar-refractivity contribution in [3.63, 3.8) is 0 Å². The van der Waals surface area contributed by atoms with Crippen LogP contribution in [0.15, 0.2) is 92.9 Å². The number of carbonyl (C=O) groups is 2. The quantitative estimate of drug-likeness (QED) is 0.212. The third-order valence-electron chi connectivity index (χ3n) is 8.59. The van der Waals surface area contributed by atoms with Gasteiger partial charge >= 0.3 is 11.9 Å². The van der Waals surface area contributed by atoms with E-state index < -0.39 is 35.3 Å². The van der Waals surface area contributed by atoms with Gasteiger partial charge in [0.2, 0.25) is 0 Å². The van der Waals surface area contributed by atoms with Crippen molar-refractivity contribution in [2.75, 3.05) is 0 Å². The molecule has 0 saturated carbocycles. The molecule has 0 radical (unpaired) electrons. The highest BCUT2D eigenvalue weighted by Gasteiger charge is 2.37. The molecule has 11 nitrogen and oxygen atoms in total. The van der Waals surface area contributed by atoms with Crippen LogP contribution >= 0.6 is 15.9 Å². The molecular formula is C35H27BrF3N7O4. The van der Waals surface area contributed by atoms with Crippen molar-refractivity contribution < 1.29 is 27.2 Å². The summed E-state index contributed by atoms with van der Waals surface area (Å²) in [6, 6.07) is 16.7. The molecular weight excluding hydrogens is 719 g/mol. The Hall–Kier alpha value is -5.57. The number of halogens is 4. The molecule has 1 atom stereocenters. The summed E-state index contributed by atoms with van der Waals surface area (Å²) in [5, 5.41) is 2.93. The summed E-state index contributed by atoms with van der Waals surface area (Å²) in [6.07, 6.45) is -1.65. The van der Waals surface area contributed by atoms with E-state index in [2.05, 4.69) is 36.2 Å². The number of rotatable bonds is 6. The Labute approximate surface area is 290 Å². The number of alkyl halides is 3. The first-order chi connectivity index (χ1) is 23.9. The highest BCUT2D eigenvalue weighted by molar-refractivity contribution is 9.10. The molecule has 0 bridgehead atoms. The minimum atomic E-state index is -4.69. The van der Waals surface area contributed by atoms with E-state index in [4.69, 9.17) is 4.42 Å². The summed E-state index contributed by atoms with van der Waals surface area (Å²) in [6.45, 7) is 3.24. The Bertz CT molecular complexity index is 2350. The van der Waals surface area contributed by atoms with Gasteiger partial charge in [-0.1, -0.05) is 40.2 Å². The Balaban J connectivity index is 1.30. The normalized spacial score (nSPS) is 14.5. The lowest BCUT2D eigenvalue weighted by atomic mass is 10.0. The molecule has 6 aromatic rings. The number of nitrogens with zero attached hydrogens (tertiary/aromatic N) is 6. The standard InChI is InChI=1S/C35H27BrF3N7O4/c1-19-16-45-29(17-44(19)33(48)21-7-9-26(36)25(13-21)35(37,38)39)31(46(34(45)49)23-8-10-30-28(14-23)43-20(2)50-30)32(47)41-15-22-5-3-4-6-24(22)27-11-12-40-18-42-27/h3-14,18-19H,15-17H2,1-2H3,(H,41,47)/t19-/m1/s1. The molecule has 3 aromatic heterocycles. The second-order valence-electron chi connectivity index (χ2n) is 11.8. The molecule has 0 saturated heterocycles. The lowest BCUT2D eigenvalue weighted by Gasteiger charge is -2.34. The molecule has 15 heteroatoms.